The number of hydrogen-bond acceptors (Lipinski definition) is 4. The molecule has 1 heterocycles. The lowest BCUT2D eigenvalue weighted by molar-refractivity contribution is -0.114. The molecule has 1 saturated heterocycles. The van der Waals surface area contributed by atoms with Crippen molar-refractivity contribution >= 4 is 23.1 Å². The molecule has 0 bridgehead atoms. The average molecular weight is 352 g/mol. The largest absolute Gasteiger partial charge is 0.378 e. The number of morpholine rings is 1. The van der Waals surface area contributed by atoms with Gasteiger partial charge in [-0.1, -0.05) is 12.1 Å². The molecule has 0 aromatic heterocycles. The number of rotatable bonds is 4. The summed E-state index contributed by atoms with van der Waals surface area (Å²) in [6.07, 6.45) is 0. The van der Waals surface area contributed by atoms with E-state index in [1.54, 1.807) is 6.07 Å². The molecule has 0 saturated carbocycles. The lowest BCUT2D eigenvalue weighted by Crippen LogP contribution is -2.36. The Kier molecular flexibility index (Phi) is 5.38. The zero-order valence-corrected chi connectivity index (χ0v) is 15.5. The van der Waals surface area contributed by atoms with Gasteiger partial charge < -0.3 is 15.0 Å². The molecule has 26 heavy (non-hydrogen) atoms. The van der Waals surface area contributed by atoms with Crippen LogP contribution in [0.4, 0.5) is 11.4 Å². The first kappa shape index (κ1) is 18.1. The van der Waals surface area contributed by atoms with E-state index in [1.165, 1.54) is 6.92 Å². The Bertz CT molecular complexity index is 839. The molecule has 5 nitrogen and oxygen atoms in total. The summed E-state index contributed by atoms with van der Waals surface area (Å²) in [5.41, 5.74) is 5.04. The third-order valence-corrected chi connectivity index (χ3v) is 4.69. The number of ketones is 1. The Morgan fingerprint density at radius 2 is 1.62 bits per heavy atom. The van der Waals surface area contributed by atoms with Crippen LogP contribution >= 0.6 is 0 Å². The maximum absolute atomic E-state index is 12.9. The Hall–Kier alpha value is -2.66. The van der Waals surface area contributed by atoms with E-state index >= 15 is 0 Å². The van der Waals surface area contributed by atoms with Gasteiger partial charge in [-0.05, 0) is 49.2 Å². The molecule has 1 fully saturated rings. The number of anilines is 2. The molecule has 2 aromatic carbocycles. The summed E-state index contributed by atoms with van der Waals surface area (Å²) < 4.78 is 5.40. The third kappa shape index (κ3) is 3.94. The van der Waals surface area contributed by atoms with E-state index in [-0.39, 0.29) is 11.7 Å². The lowest BCUT2D eigenvalue weighted by atomic mass is 9.98. The van der Waals surface area contributed by atoms with Crippen LogP contribution in [0.2, 0.25) is 0 Å². The quantitative estimate of drug-likeness (QED) is 0.858. The van der Waals surface area contributed by atoms with Gasteiger partial charge in [-0.2, -0.15) is 0 Å². The molecule has 1 N–H and O–H groups in total. The first-order valence-electron chi connectivity index (χ1n) is 8.82. The summed E-state index contributed by atoms with van der Waals surface area (Å²) in [5.74, 6) is -0.205. The second-order valence-electron chi connectivity index (χ2n) is 6.64. The summed E-state index contributed by atoms with van der Waals surface area (Å²) >= 11 is 0. The third-order valence-electron chi connectivity index (χ3n) is 4.69. The molecule has 2 aromatic rings. The van der Waals surface area contributed by atoms with Crippen molar-refractivity contribution in [1.29, 1.82) is 0 Å². The molecule has 0 radical (unpaired) electrons. The van der Waals surface area contributed by atoms with Crippen molar-refractivity contribution in [3.8, 4) is 0 Å². The number of nitrogens with one attached hydrogen (secondary N) is 1. The van der Waals surface area contributed by atoms with E-state index in [0.717, 1.165) is 29.9 Å². The number of aryl methyl sites for hydroxylation is 2. The first-order valence-corrected chi connectivity index (χ1v) is 8.82. The molecule has 3 rings (SSSR count). The van der Waals surface area contributed by atoms with Crippen LogP contribution in [0.5, 0.6) is 0 Å². The van der Waals surface area contributed by atoms with Gasteiger partial charge in [0, 0.05) is 31.1 Å². The van der Waals surface area contributed by atoms with Crippen molar-refractivity contribution in [2.45, 2.75) is 20.8 Å². The minimum Gasteiger partial charge on any atom is -0.378 e. The molecule has 0 aliphatic carbocycles. The Balaban J connectivity index is 1.95. The summed E-state index contributed by atoms with van der Waals surface area (Å²) in [5, 5.41) is 2.86. The smallest absolute Gasteiger partial charge is 0.221 e. The van der Waals surface area contributed by atoms with Gasteiger partial charge in [-0.3, -0.25) is 9.59 Å². The van der Waals surface area contributed by atoms with Gasteiger partial charge in [0.2, 0.25) is 5.91 Å². The average Bonchev–Trinajstić information content (AvgIpc) is 2.63. The number of amides is 1. The molecule has 0 spiro atoms. The van der Waals surface area contributed by atoms with Crippen LogP contribution < -0.4 is 10.2 Å². The SMILES string of the molecule is CC(=O)Nc1cc(C(=O)c2ccc(C)c(C)c2)ccc1N1CCOCC1. The van der Waals surface area contributed by atoms with Gasteiger partial charge in [0.05, 0.1) is 24.6 Å². The highest BCUT2D eigenvalue weighted by Gasteiger charge is 2.18. The van der Waals surface area contributed by atoms with E-state index in [2.05, 4.69) is 10.2 Å². The Labute approximate surface area is 154 Å². The summed E-state index contributed by atoms with van der Waals surface area (Å²) in [4.78, 5) is 26.7. The van der Waals surface area contributed by atoms with Crippen LogP contribution in [0.25, 0.3) is 0 Å². The van der Waals surface area contributed by atoms with E-state index in [1.807, 2.05) is 44.2 Å². The van der Waals surface area contributed by atoms with Crippen molar-refractivity contribution in [3.05, 3.63) is 58.7 Å². The summed E-state index contributed by atoms with van der Waals surface area (Å²) in [6.45, 7) is 8.33. The van der Waals surface area contributed by atoms with Crippen LogP contribution in [-0.4, -0.2) is 38.0 Å². The van der Waals surface area contributed by atoms with Crippen molar-refractivity contribution in [2.24, 2.45) is 0 Å². The van der Waals surface area contributed by atoms with Crippen LogP contribution in [0.3, 0.4) is 0 Å². The maximum atomic E-state index is 12.9. The molecular weight excluding hydrogens is 328 g/mol. The maximum Gasteiger partial charge on any atom is 0.221 e. The molecule has 1 aliphatic rings. The highest BCUT2D eigenvalue weighted by molar-refractivity contribution is 6.10. The topological polar surface area (TPSA) is 58.6 Å². The highest BCUT2D eigenvalue weighted by Crippen LogP contribution is 2.29. The minimum atomic E-state index is -0.157. The summed E-state index contributed by atoms with van der Waals surface area (Å²) in [7, 11) is 0. The van der Waals surface area contributed by atoms with E-state index in [9.17, 15) is 9.59 Å². The predicted molar refractivity (Wildman–Crippen MR) is 103 cm³/mol. The molecule has 0 atom stereocenters. The molecule has 136 valence electrons. The number of benzene rings is 2. The minimum absolute atomic E-state index is 0.0479. The molecule has 5 heteroatoms. The summed E-state index contributed by atoms with van der Waals surface area (Å²) in [6, 6.07) is 11.2. The van der Waals surface area contributed by atoms with Crippen LogP contribution in [-0.2, 0) is 9.53 Å². The zero-order chi connectivity index (χ0) is 18.7. The number of nitrogens with zero attached hydrogens (tertiary/aromatic N) is 1. The van der Waals surface area contributed by atoms with Crippen molar-refractivity contribution < 1.29 is 14.3 Å². The number of carbonyl (C=O) groups excluding carboxylic acids is 2. The van der Waals surface area contributed by atoms with Crippen LogP contribution in [0.1, 0.15) is 34.0 Å². The van der Waals surface area contributed by atoms with Gasteiger partial charge in [0.25, 0.3) is 0 Å². The van der Waals surface area contributed by atoms with Crippen LogP contribution in [0, 0.1) is 13.8 Å². The predicted octanol–water partition coefficient (Wildman–Crippen LogP) is 3.33. The van der Waals surface area contributed by atoms with E-state index in [0.29, 0.717) is 30.0 Å². The van der Waals surface area contributed by atoms with E-state index in [4.69, 9.17) is 4.74 Å². The number of ether oxygens (including phenoxy) is 1. The fourth-order valence-corrected chi connectivity index (χ4v) is 3.10. The zero-order valence-electron chi connectivity index (χ0n) is 15.5. The van der Waals surface area contributed by atoms with Crippen LogP contribution in [0.15, 0.2) is 36.4 Å². The standard InChI is InChI=1S/C21H24N2O3/c1-14-4-5-17(12-15(14)2)21(25)18-6-7-20(19(13-18)22-16(3)24)23-8-10-26-11-9-23/h4-7,12-13H,8-11H2,1-3H3,(H,22,24). The Morgan fingerprint density at radius 1 is 0.962 bits per heavy atom. The monoisotopic (exact) mass is 352 g/mol. The Morgan fingerprint density at radius 3 is 2.27 bits per heavy atom. The lowest BCUT2D eigenvalue weighted by Gasteiger charge is -2.30. The van der Waals surface area contributed by atoms with Gasteiger partial charge in [-0.25, -0.2) is 0 Å². The normalized spacial score (nSPS) is 14.2. The van der Waals surface area contributed by atoms with E-state index < -0.39 is 0 Å². The molecule has 1 amide bonds. The number of hydrogen-bond donors (Lipinski definition) is 1. The molecule has 1 aliphatic heterocycles. The van der Waals surface area contributed by atoms with Crippen molar-refractivity contribution in [2.75, 3.05) is 36.5 Å². The van der Waals surface area contributed by atoms with Gasteiger partial charge in [0.15, 0.2) is 5.78 Å². The number of carbonyl (C=O) groups is 2. The van der Waals surface area contributed by atoms with Gasteiger partial charge >= 0.3 is 0 Å². The fraction of sp³-hybridized carbons (Fsp3) is 0.333. The molecular formula is C21H24N2O3. The molecule has 0 unspecified atom stereocenters. The van der Waals surface area contributed by atoms with Crippen molar-refractivity contribution in [1.82, 2.24) is 0 Å². The van der Waals surface area contributed by atoms with Crippen molar-refractivity contribution in [3.63, 3.8) is 0 Å². The van der Waals surface area contributed by atoms with Gasteiger partial charge in [0.1, 0.15) is 0 Å². The fourth-order valence-electron chi connectivity index (χ4n) is 3.10. The van der Waals surface area contributed by atoms with Gasteiger partial charge in [-0.15, -0.1) is 0 Å². The highest BCUT2D eigenvalue weighted by atomic mass is 16.5. The second-order valence-corrected chi connectivity index (χ2v) is 6.64. The first-order chi connectivity index (χ1) is 12.5. The second kappa shape index (κ2) is 7.70.